The molecule has 0 saturated heterocycles. The van der Waals surface area contributed by atoms with Gasteiger partial charge in [-0.15, -0.1) is 29.7 Å². The van der Waals surface area contributed by atoms with E-state index in [1.165, 1.54) is 0 Å². The standard InChI is InChI=1S/C32H20N4O.Pt/c1-2-9-24(10-3-1)34-19-20-35(23-34)25-11-8-12-26(21-25)37-27-16-17-29-28-13-4-5-14-30(28)36(31(29)22-27)32-15-6-7-18-33-32;/h1-20H;/q-2;. The molecule has 3 heterocycles. The van der Waals surface area contributed by atoms with Crippen molar-refractivity contribution in [1.82, 2.24) is 14.1 Å². The summed E-state index contributed by atoms with van der Waals surface area (Å²) in [5.41, 5.74) is 3.86. The number of hydrogen-bond acceptors (Lipinski definition) is 2. The fourth-order valence-corrected chi connectivity index (χ4v) is 4.60. The molecule has 0 spiro atoms. The van der Waals surface area contributed by atoms with Gasteiger partial charge in [0.1, 0.15) is 5.82 Å². The Morgan fingerprint density at radius 2 is 1.53 bits per heavy atom. The number of para-hydroxylation sites is 2. The molecule has 5 nitrogen and oxygen atoms in total. The van der Waals surface area contributed by atoms with Crippen LogP contribution in [-0.4, -0.2) is 14.1 Å². The molecular formula is C32H20N4OPt-2. The fourth-order valence-electron chi connectivity index (χ4n) is 4.60. The first kappa shape index (κ1) is 23.9. The van der Waals surface area contributed by atoms with Gasteiger partial charge in [-0.2, -0.15) is 18.2 Å². The van der Waals surface area contributed by atoms with Gasteiger partial charge in [0.25, 0.3) is 6.33 Å². The molecule has 38 heavy (non-hydrogen) atoms. The number of imidazole rings is 1. The van der Waals surface area contributed by atoms with Crippen LogP contribution in [0.1, 0.15) is 0 Å². The van der Waals surface area contributed by atoms with Crippen molar-refractivity contribution in [2.45, 2.75) is 0 Å². The van der Waals surface area contributed by atoms with Crippen LogP contribution in [-0.2, 0) is 21.1 Å². The molecule has 0 atom stereocenters. The Balaban J connectivity index is 0.00000264. The van der Waals surface area contributed by atoms with E-state index in [9.17, 15) is 0 Å². The predicted molar refractivity (Wildman–Crippen MR) is 142 cm³/mol. The summed E-state index contributed by atoms with van der Waals surface area (Å²) in [5.74, 6) is 2.05. The van der Waals surface area contributed by atoms with E-state index in [2.05, 4.69) is 52.3 Å². The minimum atomic E-state index is 0. The number of ether oxygens (including phenoxy) is 1. The molecule has 0 radical (unpaired) electrons. The zero-order valence-corrected chi connectivity index (χ0v) is 22.3. The van der Waals surface area contributed by atoms with Crippen molar-refractivity contribution in [1.29, 1.82) is 0 Å². The summed E-state index contributed by atoms with van der Waals surface area (Å²) < 4.78 is 12.2. The molecule has 0 N–H and O–H groups in total. The number of hydrogen-bond donors (Lipinski definition) is 0. The van der Waals surface area contributed by atoms with Gasteiger partial charge < -0.3 is 13.9 Å². The van der Waals surface area contributed by atoms with Crippen LogP contribution in [0.4, 0.5) is 0 Å². The van der Waals surface area contributed by atoms with Crippen molar-refractivity contribution in [2.24, 2.45) is 0 Å². The second-order valence-corrected chi connectivity index (χ2v) is 8.60. The van der Waals surface area contributed by atoms with E-state index >= 15 is 0 Å². The van der Waals surface area contributed by atoms with Gasteiger partial charge in [0.2, 0.25) is 0 Å². The van der Waals surface area contributed by atoms with Crippen molar-refractivity contribution < 1.29 is 30.4 Å². The normalized spacial score (nSPS) is 10.9. The summed E-state index contributed by atoms with van der Waals surface area (Å²) >= 11 is 0. The van der Waals surface area contributed by atoms with Gasteiger partial charge in [-0.25, -0.2) is 4.98 Å². The summed E-state index contributed by atoms with van der Waals surface area (Å²) in [5, 5.41) is 2.24. The van der Waals surface area contributed by atoms with E-state index in [-0.39, 0.29) is 21.1 Å². The minimum Gasteiger partial charge on any atom is -0.510 e. The topological polar surface area (TPSA) is 35.9 Å². The van der Waals surface area contributed by atoms with Gasteiger partial charge >= 0.3 is 0 Å². The third-order valence-electron chi connectivity index (χ3n) is 6.28. The molecule has 0 unspecified atom stereocenters. The Morgan fingerprint density at radius 1 is 0.711 bits per heavy atom. The molecule has 0 bridgehead atoms. The van der Waals surface area contributed by atoms with Crippen LogP contribution in [0, 0.1) is 18.5 Å². The van der Waals surface area contributed by atoms with Gasteiger partial charge in [-0.05, 0) is 41.4 Å². The number of benzene rings is 4. The maximum absolute atomic E-state index is 6.25. The van der Waals surface area contributed by atoms with E-state index in [0.717, 1.165) is 39.0 Å². The first-order chi connectivity index (χ1) is 18.3. The third kappa shape index (κ3) is 4.31. The van der Waals surface area contributed by atoms with E-state index < -0.39 is 0 Å². The summed E-state index contributed by atoms with van der Waals surface area (Å²) in [6.07, 6.45) is 9.05. The molecular weight excluding hydrogens is 651 g/mol. The minimum absolute atomic E-state index is 0. The molecule has 0 aliphatic rings. The third-order valence-corrected chi connectivity index (χ3v) is 6.28. The second kappa shape index (κ2) is 10.1. The van der Waals surface area contributed by atoms with Crippen LogP contribution in [0.2, 0.25) is 0 Å². The van der Waals surface area contributed by atoms with E-state index in [1.54, 1.807) is 6.20 Å². The summed E-state index contributed by atoms with van der Waals surface area (Å²) in [6, 6.07) is 41.0. The van der Waals surface area contributed by atoms with Crippen molar-refractivity contribution >= 4 is 21.8 Å². The van der Waals surface area contributed by atoms with Gasteiger partial charge in [0.05, 0.1) is 5.69 Å². The molecule has 0 aliphatic carbocycles. The van der Waals surface area contributed by atoms with Crippen LogP contribution in [0.5, 0.6) is 11.5 Å². The zero-order valence-electron chi connectivity index (χ0n) is 20.1. The second-order valence-electron chi connectivity index (χ2n) is 8.60. The van der Waals surface area contributed by atoms with Crippen molar-refractivity contribution in [2.75, 3.05) is 0 Å². The first-order valence-electron chi connectivity index (χ1n) is 12.0. The van der Waals surface area contributed by atoms with Gasteiger partial charge in [0, 0.05) is 56.7 Å². The molecule has 6 heteroatoms. The summed E-state index contributed by atoms with van der Waals surface area (Å²) in [4.78, 5) is 4.59. The van der Waals surface area contributed by atoms with Gasteiger partial charge in [0.15, 0.2) is 0 Å². The van der Waals surface area contributed by atoms with Gasteiger partial charge in [-0.1, -0.05) is 48.0 Å². The maximum Gasteiger partial charge on any atom is 0.267 e. The Kier molecular flexibility index (Phi) is 6.36. The molecule has 4 aromatic carbocycles. The Labute approximate surface area is 234 Å². The predicted octanol–water partition coefficient (Wildman–Crippen LogP) is 6.44. The smallest absolute Gasteiger partial charge is 0.267 e. The van der Waals surface area contributed by atoms with Crippen molar-refractivity contribution in [3.8, 4) is 28.7 Å². The monoisotopic (exact) mass is 671 g/mol. The van der Waals surface area contributed by atoms with Crippen LogP contribution in [0.3, 0.4) is 0 Å². The quantitative estimate of drug-likeness (QED) is 0.156. The van der Waals surface area contributed by atoms with Crippen LogP contribution < -0.4 is 9.30 Å². The van der Waals surface area contributed by atoms with Crippen LogP contribution in [0.25, 0.3) is 39.0 Å². The van der Waals surface area contributed by atoms with E-state index in [0.29, 0.717) is 11.5 Å². The molecule has 0 saturated carbocycles. The Morgan fingerprint density at radius 3 is 2.39 bits per heavy atom. The van der Waals surface area contributed by atoms with Crippen molar-refractivity contribution in [3.63, 3.8) is 0 Å². The molecule has 3 aromatic heterocycles. The first-order valence-corrected chi connectivity index (χ1v) is 12.0. The van der Waals surface area contributed by atoms with Crippen LogP contribution in [0.15, 0.2) is 122 Å². The molecule has 0 fully saturated rings. The molecule has 7 aromatic rings. The average molecular weight is 672 g/mol. The number of aromatic nitrogens is 4. The van der Waals surface area contributed by atoms with Crippen molar-refractivity contribution in [3.05, 3.63) is 140 Å². The maximum atomic E-state index is 6.25. The average Bonchev–Trinajstić information content (AvgIpc) is 3.58. The summed E-state index contributed by atoms with van der Waals surface area (Å²) in [7, 11) is 0. The molecule has 7 rings (SSSR count). The largest absolute Gasteiger partial charge is 0.510 e. The molecule has 186 valence electrons. The summed E-state index contributed by atoms with van der Waals surface area (Å²) in [6.45, 7) is 0. The van der Waals surface area contributed by atoms with E-state index in [4.69, 9.17) is 4.74 Å². The Bertz CT molecular complexity index is 1860. The zero-order chi connectivity index (χ0) is 24.6. The number of pyridine rings is 1. The van der Waals surface area contributed by atoms with Gasteiger partial charge in [-0.3, -0.25) is 4.57 Å². The van der Waals surface area contributed by atoms with E-state index in [1.807, 2.05) is 100 Å². The number of nitrogens with zero attached hydrogens (tertiary/aromatic N) is 4. The number of rotatable bonds is 5. The fraction of sp³-hybridized carbons (Fsp3) is 0. The SMILES string of the molecule is [Pt].[c-]1c(Oc2[c-]c3c(cc2)c2ccccc2n3-c2ccccn2)cccc1-n1[c-][n+](-c2ccccc2)cc1. The molecule has 0 amide bonds. The molecule has 0 aliphatic heterocycles. The van der Waals surface area contributed by atoms with Crippen LogP contribution >= 0.6 is 0 Å². The Hall–Kier alpha value is -4.47. The number of fused-ring (bicyclic) bond motifs is 3.